The van der Waals surface area contributed by atoms with Gasteiger partial charge in [-0.05, 0) is 37.3 Å². The second kappa shape index (κ2) is 8.67. The van der Waals surface area contributed by atoms with E-state index in [9.17, 15) is 9.90 Å². The van der Waals surface area contributed by atoms with Crippen LogP contribution >= 0.6 is 0 Å². The summed E-state index contributed by atoms with van der Waals surface area (Å²) in [7, 11) is 1.78. The summed E-state index contributed by atoms with van der Waals surface area (Å²) in [5, 5.41) is 9.75. The Balaban J connectivity index is 2.49. The molecule has 0 aliphatic heterocycles. The van der Waals surface area contributed by atoms with E-state index in [1.807, 2.05) is 12.1 Å². The summed E-state index contributed by atoms with van der Waals surface area (Å²) in [6.45, 7) is 5.46. The molecule has 0 spiro atoms. The number of carbonyl (C=O) groups is 1. The maximum Gasteiger partial charge on any atom is 0.222 e. The molecule has 21 heavy (non-hydrogen) atoms. The van der Waals surface area contributed by atoms with Crippen LogP contribution in [0.1, 0.15) is 38.7 Å². The minimum atomic E-state index is 0.112. The van der Waals surface area contributed by atoms with Gasteiger partial charge in [0.1, 0.15) is 5.75 Å². The lowest BCUT2D eigenvalue weighted by Gasteiger charge is -2.22. The van der Waals surface area contributed by atoms with Crippen molar-refractivity contribution in [1.82, 2.24) is 4.90 Å². The highest BCUT2D eigenvalue weighted by molar-refractivity contribution is 5.75. The third-order valence-electron chi connectivity index (χ3n) is 4.03. The van der Waals surface area contributed by atoms with E-state index in [1.54, 1.807) is 24.1 Å². The number of phenolic OH excluding ortho intramolecular Hbond substituents is 1. The summed E-state index contributed by atoms with van der Waals surface area (Å²) in [5.74, 6) is 1.39. The van der Waals surface area contributed by atoms with E-state index in [1.165, 1.54) is 0 Å². The Bertz CT molecular complexity index is 446. The molecule has 0 aliphatic carbocycles. The van der Waals surface area contributed by atoms with Gasteiger partial charge in [0, 0.05) is 25.6 Å². The molecule has 4 heteroatoms. The number of carbonyl (C=O) groups excluding carboxylic acids is 1. The average molecular weight is 292 g/mol. The molecule has 1 rings (SSSR count). The Morgan fingerprint density at radius 3 is 2.52 bits per heavy atom. The molecule has 0 saturated carbocycles. The minimum Gasteiger partial charge on any atom is -0.508 e. The molecule has 0 radical (unpaired) electrons. The lowest BCUT2D eigenvalue weighted by molar-refractivity contribution is -0.130. The fourth-order valence-corrected chi connectivity index (χ4v) is 2.51. The minimum absolute atomic E-state index is 0.112. The Kier molecular flexibility index (Phi) is 7.23. The first-order valence-corrected chi connectivity index (χ1v) is 7.66. The van der Waals surface area contributed by atoms with Gasteiger partial charge in [0.25, 0.3) is 0 Å². The van der Waals surface area contributed by atoms with Gasteiger partial charge in [0.2, 0.25) is 5.91 Å². The first-order chi connectivity index (χ1) is 9.95. The zero-order chi connectivity index (χ0) is 15.8. The Hall–Kier alpha value is -1.55. The quantitative estimate of drug-likeness (QED) is 0.774. The van der Waals surface area contributed by atoms with Crippen molar-refractivity contribution in [2.24, 2.45) is 17.6 Å². The van der Waals surface area contributed by atoms with Crippen LogP contribution in [0.15, 0.2) is 24.3 Å². The molecular formula is C17H28N2O2. The highest BCUT2D eigenvalue weighted by Crippen LogP contribution is 2.22. The second-order valence-electron chi connectivity index (χ2n) is 6.00. The highest BCUT2D eigenvalue weighted by Gasteiger charge is 2.17. The number of phenols is 1. The van der Waals surface area contributed by atoms with Crippen molar-refractivity contribution in [2.45, 2.75) is 39.7 Å². The van der Waals surface area contributed by atoms with E-state index in [2.05, 4.69) is 13.8 Å². The lowest BCUT2D eigenvalue weighted by Crippen LogP contribution is -2.27. The third-order valence-corrected chi connectivity index (χ3v) is 4.03. The first-order valence-electron chi connectivity index (χ1n) is 7.66. The van der Waals surface area contributed by atoms with E-state index >= 15 is 0 Å². The average Bonchev–Trinajstić information content (AvgIpc) is 2.45. The second-order valence-corrected chi connectivity index (χ2v) is 6.00. The Labute approximate surface area is 128 Å². The topological polar surface area (TPSA) is 66.6 Å². The Morgan fingerprint density at radius 1 is 1.29 bits per heavy atom. The van der Waals surface area contributed by atoms with Crippen molar-refractivity contribution >= 4 is 5.91 Å². The Morgan fingerprint density at radius 2 is 1.95 bits per heavy atom. The summed E-state index contributed by atoms with van der Waals surface area (Å²) in [6, 6.07) is 7.12. The van der Waals surface area contributed by atoms with Crippen LogP contribution in [0, 0.1) is 11.8 Å². The zero-order valence-corrected chi connectivity index (χ0v) is 13.4. The molecule has 1 aromatic carbocycles. The largest absolute Gasteiger partial charge is 0.508 e. The summed E-state index contributed by atoms with van der Waals surface area (Å²) in [5.41, 5.74) is 6.40. The van der Waals surface area contributed by atoms with Crippen molar-refractivity contribution in [2.75, 3.05) is 13.6 Å². The number of hydrogen-bond donors (Lipinski definition) is 2. The molecule has 1 atom stereocenters. The van der Waals surface area contributed by atoms with Crippen LogP contribution in [-0.4, -0.2) is 29.5 Å². The molecule has 0 aliphatic rings. The molecule has 3 N–H and O–H groups in total. The SMILES string of the molecule is CC(C)C(CCN)CCC(=O)N(C)Cc1ccccc1O. The number of para-hydroxylation sites is 1. The molecular weight excluding hydrogens is 264 g/mol. The van der Waals surface area contributed by atoms with E-state index in [4.69, 9.17) is 5.73 Å². The zero-order valence-electron chi connectivity index (χ0n) is 13.4. The molecule has 0 bridgehead atoms. The van der Waals surface area contributed by atoms with Crippen LogP contribution in [0.2, 0.25) is 0 Å². The van der Waals surface area contributed by atoms with Crippen LogP contribution in [-0.2, 0) is 11.3 Å². The predicted octanol–water partition coefficient (Wildman–Crippen LogP) is 2.75. The fourth-order valence-electron chi connectivity index (χ4n) is 2.51. The molecule has 1 unspecified atom stereocenters. The van der Waals surface area contributed by atoms with Gasteiger partial charge >= 0.3 is 0 Å². The van der Waals surface area contributed by atoms with Gasteiger partial charge in [-0.2, -0.15) is 0 Å². The molecule has 0 fully saturated rings. The molecule has 1 amide bonds. The summed E-state index contributed by atoms with van der Waals surface area (Å²) in [4.78, 5) is 13.9. The van der Waals surface area contributed by atoms with Crippen molar-refractivity contribution in [3.05, 3.63) is 29.8 Å². The predicted molar refractivity (Wildman–Crippen MR) is 85.8 cm³/mol. The van der Waals surface area contributed by atoms with E-state index in [0.717, 1.165) is 18.4 Å². The van der Waals surface area contributed by atoms with E-state index in [0.29, 0.717) is 31.3 Å². The van der Waals surface area contributed by atoms with Crippen molar-refractivity contribution in [3.63, 3.8) is 0 Å². The van der Waals surface area contributed by atoms with Crippen molar-refractivity contribution < 1.29 is 9.90 Å². The molecule has 0 heterocycles. The van der Waals surface area contributed by atoms with Crippen LogP contribution in [0.5, 0.6) is 5.75 Å². The standard InChI is InChI=1S/C17H28N2O2/c1-13(2)14(10-11-18)8-9-17(21)19(3)12-15-6-4-5-7-16(15)20/h4-7,13-14,20H,8-12,18H2,1-3H3. The van der Waals surface area contributed by atoms with Gasteiger partial charge in [-0.25, -0.2) is 0 Å². The summed E-state index contributed by atoms with van der Waals surface area (Å²) in [6.07, 6.45) is 2.37. The number of benzene rings is 1. The van der Waals surface area contributed by atoms with Gasteiger partial charge in [0.05, 0.1) is 0 Å². The fraction of sp³-hybridized carbons (Fsp3) is 0.588. The normalized spacial score (nSPS) is 12.4. The van der Waals surface area contributed by atoms with Gasteiger partial charge in [-0.3, -0.25) is 4.79 Å². The van der Waals surface area contributed by atoms with E-state index in [-0.39, 0.29) is 11.7 Å². The van der Waals surface area contributed by atoms with Gasteiger partial charge in [-0.15, -0.1) is 0 Å². The van der Waals surface area contributed by atoms with Gasteiger partial charge in [0.15, 0.2) is 0 Å². The number of amides is 1. The number of nitrogens with zero attached hydrogens (tertiary/aromatic N) is 1. The first kappa shape index (κ1) is 17.5. The van der Waals surface area contributed by atoms with Crippen LogP contribution in [0.4, 0.5) is 0 Å². The molecule has 0 saturated heterocycles. The van der Waals surface area contributed by atoms with Crippen molar-refractivity contribution in [1.29, 1.82) is 0 Å². The molecule has 4 nitrogen and oxygen atoms in total. The monoisotopic (exact) mass is 292 g/mol. The van der Waals surface area contributed by atoms with E-state index < -0.39 is 0 Å². The molecule has 1 aromatic rings. The molecule has 118 valence electrons. The smallest absolute Gasteiger partial charge is 0.222 e. The summed E-state index contributed by atoms with van der Waals surface area (Å²) >= 11 is 0. The molecule has 0 aromatic heterocycles. The van der Waals surface area contributed by atoms with Crippen LogP contribution < -0.4 is 5.73 Å². The number of aromatic hydroxyl groups is 1. The number of hydrogen-bond acceptors (Lipinski definition) is 3. The third kappa shape index (κ3) is 5.76. The number of rotatable bonds is 8. The van der Waals surface area contributed by atoms with Gasteiger partial charge in [-0.1, -0.05) is 32.0 Å². The van der Waals surface area contributed by atoms with Crippen LogP contribution in [0.25, 0.3) is 0 Å². The highest BCUT2D eigenvalue weighted by atomic mass is 16.3. The van der Waals surface area contributed by atoms with Crippen LogP contribution in [0.3, 0.4) is 0 Å². The van der Waals surface area contributed by atoms with Gasteiger partial charge < -0.3 is 15.7 Å². The summed E-state index contributed by atoms with van der Waals surface area (Å²) < 4.78 is 0. The maximum atomic E-state index is 12.2. The van der Waals surface area contributed by atoms with Crippen molar-refractivity contribution in [3.8, 4) is 5.75 Å². The lowest BCUT2D eigenvalue weighted by atomic mass is 9.88. The number of nitrogens with two attached hydrogens (primary N) is 1. The maximum absolute atomic E-state index is 12.2.